The number of amides is 1. The number of phenols is 1. The molecule has 1 fully saturated rings. The average Bonchev–Trinajstić information content (AvgIpc) is 2.72. The Balaban J connectivity index is 1.49. The molecule has 150 valence electrons. The Morgan fingerprint density at radius 1 is 1.18 bits per heavy atom. The van der Waals surface area contributed by atoms with Gasteiger partial charge in [-0.2, -0.15) is 0 Å². The quantitative estimate of drug-likeness (QED) is 0.589. The number of hydrogen-bond acceptors (Lipinski definition) is 5. The van der Waals surface area contributed by atoms with Gasteiger partial charge in [0.15, 0.2) is 0 Å². The molecule has 0 bridgehead atoms. The highest BCUT2D eigenvalue weighted by atomic mass is 16.3. The number of aromatic hydroxyl groups is 1. The van der Waals surface area contributed by atoms with Crippen LogP contribution in [0.25, 0.3) is 0 Å². The lowest BCUT2D eigenvalue weighted by Crippen LogP contribution is -2.42. The number of carbonyl (C=O) groups is 1. The van der Waals surface area contributed by atoms with Gasteiger partial charge in [0.25, 0.3) is 5.91 Å². The summed E-state index contributed by atoms with van der Waals surface area (Å²) in [5.41, 5.74) is 7.09. The number of anilines is 1. The fraction of sp³-hybridized carbons (Fsp3) is 0.409. The van der Waals surface area contributed by atoms with Gasteiger partial charge in [0.1, 0.15) is 5.75 Å². The molecule has 6 heteroatoms. The highest BCUT2D eigenvalue weighted by molar-refractivity contribution is 5.95. The standard InChI is InChI=1S/C22H29N3O3/c1-25(17-5-3-2-4-6-17)18-10-8-16(9-11-18)24-14-21(27)15-7-12-20(26)19(13-15)22(23)28/h2-7,12-13,16,18,21,24,26-27H,8-11,14H2,1H3,(H2,23,28)/t16-,18+,21?. The van der Waals surface area contributed by atoms with E-state index < -0.39 is 12.0 Å². The molecule has 1 atom stereocenters. The Bertz CT molecular complexity index is 789. The SMILES string of the molecule is CN(c1ccccc1)[C@H]1CC[C@@H](NCC(O)c2ccc(O)c(C(N)=O)c2)CC1. The second-order valence-electron chi connectivity index (χ2n) is 7.52. The first-order valence-electron chi connectivity index (χ1n) is 9.77. The zero-order valence-electron chi connectivity index (χ0n) is 16.2. The van der Waals surface area contributed by atoms with E-state index in [1.165, 1.54) is 17.8 Å². The summed E-state index contributed by atoms with van der Waals surface area (Å²) >= 11 is 0. The lowest BCUT2D eigenvalue weighted by molar-refractivity contribution is 0.0997. The van der Waals surface area contributed by atoms with Gasteiger partial charge in [-0.25, -0.2) is 0 Å². The number of aliphatic hydroxyl groups excluding tert-OH is 1. The Hall–Kier alpha value is -2.57. The summed E-state index contributed by atoms with van der Waals surface area (Å²) in [6.45, 7) is 0.396. The van der Waals surface area contributed by atoms with Gasteiger partial charge in [-0.1, -0.05) is 24.3 Å². The molecule has 1 amide bonds. The minimum atomic E-state index is -0.761. The highest BCUT2D eigenvalue weighted by Crippen LogP contribution is 2.27. The number of carbonyl (C=O) groups excluding carboxylic acids is 1. The molecule has 1 aliphatic rings. The number of nitrogens with one attached hydrogen (secondary N) is 1. The zero-order chi connectivity index (χ0) is 20.1. The topological polar surface area (TPSA) is 98.8 Å². The van der Waals surface area contributed by atoms with Crippen LogP contribution in [-0.4, -0.2) is 41.8 Å². The van der Waals surface area contributed by atoms with Crippen LogP contribution in [0, 0.1) is 0 Å². The lowest BCUT2D eigenvalue weighted by atomic mass is 9.90. The van der Waals surface area contributed by atoms with E-state index in [4.69, 9.17) is 5.73 Å². The van der Waals surface area contributed by atoms with Crippen molar-refractivity contribution < 1.29 is 15.0 Å². The summed E-state index contributed by atoms with van der Waals surface area (Å²) < 4.78 is 0. The Morgan fingerprint density at radius 2 is 1.86 bits per heavy atom. The van der Waals surface area contributed by atoms with E-state index in [1.54, 1.807) is 6.07 Å². The molecule has 1 unspecified atom stereocenters. The van der Waals surface area contributed by atoms with Gasteiger partial charge in [-0.15, -0.1) is 0 Å². The van der Waals surface area contributed by atoms with E-state index in [-0.39, 0.29) is 11.3 Å². The van der Waals surface area contributed by atoms with Gasteiger partial charge in [0.05, 0.1) is 11.7 Å². The Labute approximate surface area is 166 Å². The van der Waals surface area contributed by atoms with Gasteiger partial charge >= 0.3 is 0 Å². The maximum Gasteiger partial charge on any atom is 0.252 e. The zero-order valence-corrected chi connectivity index (χ0v) is 16.2. The van der Waals surface area contributed by atoms with Crippen LogP contribution in [0.2, 0.25) is 0 Å². The van der Waals surface area contributed by atoms with Crippen LogP contribution in [0.1, 0.15) is 47.7 Å². The average molecular weight is 383 g/mol. The molecule has 0 radical (unpaired) electrons. The lowest BCUT2D eigenvalue weighted by Gasteiger charge is -2.36. The number of benzene rings is 2. The van der Waals surface area contributed by atoms with Gasteiger partial charge in [-0.3, -0.25) is 4.79 Å². The molecule has 2 aromatic carbocycles. The Morgan fingerprint density at radius 3 is 2.50 bits per heavy atom. The molecule has 0 heterocycles. The molecular weight excluding hydrogens is 354 g/mol. The number of rotatable bonds is 7. The second kappa shape index (κ2) is 9.08. The van der Waals surface area contributed by atoms with Crippen molar-refractivity contribution in [1.29, 1.82) is 0 Å². The van der Waals surface area contributed by atoms with Gasteiger partial charge in [0.2, 0.25) is 0 Å². The molecule has 0 aliphatic heterocycles. The molecule has 1 aliphatic carbocycles. The number of nitrogens with two attached hydrogens (primary N) is 1. The smallest absolute Gasteiger partial charge is 0.252 e. The largest absolute Gasteiger partial charge is 0.507 e. The summed E-state index contributed by atoms with van der Waals surface area (Å²) in [5.74, 6) is -0.877. The van der Waals surface area contributed by atoms with Crippen LogP contribution < -0.4 is 16.0 Å². The first kappa shape index (κ1) is 20.2. The fourth-order valence-corrected chi connectivity index (χ4v) is 3.90. The fourth-order valence-electron chi connectivity index (χ4n) is 3.90. The summed E-state index contributed by atoms with van der Waals surface area (Å²) in [7, 11) is 2.15. The number of hydrogen-bond donors (Lipinski definition) is 4. The second-order valence-corrected chi connectivity index (χ2v) is 7.52. The van der Waals surface area contributed by atoms with Crippen molar-refractivity contribution in [3.63, 3.8) is 0 Å². The van der Waals surface area contributed by atoms with E-state index in [0.29, 0.717) is 24.2 Å². The third-order valence-electron chi connectivity index (χ3n) is 5.68. The van der Waals surface area contributed by atoms with Crippen molar-refractivity contribution in [2.45, 2.75) is 43.9 Å². The molecule has 6 nitrogen and oxygen atoms in total. The summed E-state index contributed by atoms with van der Waals surface area (Å²) in [6.07, 6.45) is 3.55. The van der Waals surface area contributed by atoms with E-state index in [2.05, 4.69) is 41.5 Å². The normalized spacial score (nSPS) is 20.5. The van der Waals surface area contributed by atoms with Crippen molar-refractivity contribution in [2.24, 2.45) is 5.73 Å². The van der Waals surface area contributed by atoms with E-state index in [0.717, 1.165) is 25.7 Å². The van der Waals surface area contributed by atoms with Crippen LogP contribution in [0.3, 0.4) is 0 Å². The summed E-state index contributed by atoms with van der Waals surface area (Å²) in [6, 6.07) is 15.8. The van der Waals surface area contributed by atoms with E-state index in [1.807, 2.05) is 6.07 Å². The predicted molar refractivity (Wildman–Crippen MR) is 110 cm³/mol. The highest BCUT2D eigenvalue weighted by Gasteiger charge is 2.24. The van der Waals surface area contributed by atoms with E-state index in [9.17, 15) is 15.0 Å². The molecular formula is C22H29N3O3. The Kier molecular flexibility index (Phi) is 6.54. The third kappa shape index (κ3) is 4.82. The van der Waals surface area contributed by atoms with Crippen molar-refractivity contribution in [2.75, 3.05) is 18.5 Å². The third-order valence-corrected chi connectivity index (χ3v) is 5.68. The molecule has 5 N–H and O–H groups in total. The van der Waals surface area contributed by atoms with E-state index >= 15 is 0 Å². The van der Waals surface area contributed by atoms with Crippen molar-refractivity contribution in [3.05, 3.63) is 59.7 Å². The van der Waals surface area contributed by atoms with Crippen molar-refractivity contribution in [3.8, 4) is 5.75 Å². The number of primary amides is 1. The molecule has 0 spiro atoms. The molecule has 3 rings (SSSR count). The first-order valence-corrected chi connectivity index (χ1v) is 9.77. The van der Waals surface area contributed by atoms with Crippen molar-refractivity contribution in [1.82, 2.24) is 5.32 Å². The summed E-state index contributed by atoms with van der Waals surface area (Å²) in [4.78, 5) is 13.7. The molecule has 0 saturated heterocycles. The maximum absolute atomic E-state index is 11.4. The van der Waals surface area contributed by atoms with Crippen LogP contribution in [0.15, 0.2) is 48.5 Å². The van der Waals surface area contributed by atoms with Crippen molar-refractivity contribution >= 4 is 11.6 Å². The predicted octanol–water partition coefficient (Wildman–Crippen LogP) is 2.56. The number of para-hydroxylation sites is 1. The molecule has 2 aromatic rings. The van der Waals surface area contributed by atoms with Gasteiger partial charge in [-0.05, 0) is 55.5 Å². The minimum Gasteiger partial charge on any atom is -0.507 e. The van der Waals surface area contributed by atoms with Crippen LogP contribution in [-0.2, 0) is 0 Å². The van der Waals surface area contributed by atoms with Crippen LogP contribution >= 0.6 is 0 Å². The minimum absolute atomic E-state index is 0.0287. The monoisotopic (exact) mass is 383 g/mol. The van der Waals surface area contributed by atoms with Crippen LogP contribution in [0.5, 0.6) is 5.75 Å². The van der Waals surface area contributed by atoms with Crippen LogP contribution in [0.4, 0.5) is 5.69 Å². The molecule has 28 heavy (non-hydrogen) atoms. The number of nitrogens with zero attached hydrogens (tertiary/aromatic N) is 1. The molecule has 1 saturated carbocycles. The molecule has 0 aromatic heterocycles. The van der Waals surface area contributed by atoms with Gasteiger partial charge in [0, 0.05) is 31.4 Å². The maximum atomic E-state index is 11.4. The number of aliphatic hydroxyl groups is 1. The van der Waals surface area contributed by atoms with Gasteiger partial charge < -0.3 is 26.2 Å². The summed E-state index contributed by atoms with van der Waals surface area (Å²) in [5, 5.41) is 23.5. The first-order chi connectivity index (χ1) is 13.5.